The van der Waals surface area contributed by atoms with Gasteiger partial charge in [0.25, 0.3) is 11.1 Å². The van der Waals surface area contributed by atoms with Gasteiger partial charge < -0.3 is 14.6 Å². The number of carboxylic acid groups (broad SMARTS) is 1. The van der Waals surface area contributed by atoms with Crippen LogP contribution in [0.3, 0.4) is 0 Å². The fourth-order valence-corrected chi connectivity index (χ4v) is 4.75. The highest BCUT2D eigenvalue weighted by molar-refractivity contribution is 14.1. The van der Waals surface area contributed by atoms with Crippen molar-refractivity contribution in [1.29, 1.82) is 0 Å². The molecule has 0 atom stereocenters. The molecule has 10 heteroatoms. The van der Waals surface area contributed by atoms with Gasteiger partial charge in [0.1, 0.15) is 0 Å². The van der Waals surface area contributed by atoms with E-state index in [1.165, 1.54) is 4.90 Å². The van der Waals surface area contributed by atoms with Gasteiger partial charge in [0.15, 0.2) is 18.1 Å². The minimum Gasteiger partial charge on any atom is -0.490 e. The molecule has 3 rings (SSSR count). The average Bonchev–Trinajstić information content (AvgIpc) is 2.96. The van der Waals surface area contributed by atoms with E-state index in [4.69, 9.17) is 14.6 Å². The van der Waals surface area contributed by atoms with Crippen LogP contribution < -0.4 is 9.47 Å². The Labute approximate surface area is 210 Å². The molecular formula is C21H17I2NO6S. The van der Waals surface area contributed by atoms with Crippen molar-refractivity contribution in [3.05, 3.63) is 59.6 Å². The molecular weight excluding hydrogens is 648 g/mol. The van der Waals surface area contributed by atoms with Gasteiger partial charge in [-0.25, -0.2) is 4.79 Å². The lowest BCUT2D eigenvalue weighted by molar-refractivity contribution is -0.139. The van der Waals surface area contributed by atoms with E-state index in [0.29, 0.717) is 32.1 Å². The first-order chi connectivity index (χ1) is 14.8. The van der Waals surface area contributed by atoms with Crippen molar-refractivity contribution in [1.82, 2.24) is 4.90 Å². The van der Waals surface area contributed by atoms with Crippen LogP contribution in [0.15, 0.2) is 41.3 Å². The van der Waals surface area contributed by atoms with Crippen LogP contribution in [0.4, 0.5) is 4.79 Å². The molecule has 1 aliphatic rings. The van der Waals surface area contributed by atoms with Crippen LogP contribution in [0.5, 0.6) is 11.5 Å². The minimum atomic E-state index is -1.09. The van der Waals surface area contributed by atoms with Crippen LogP contribution in [-0.2, 0) is 16.1 Å². The molecule has 2 amide bonds. The Morgan fingerprint density at radius 1 is 1.16 bits per heavy atom. The molecule has 1 N–H and O–H groups in total. The second-order valence-corrected chi connectivity index (χ2v) is 9.74. The molecule has 1 fully saturated rings. The highest BCUT2D eigenvalue weighted by atomic mass is 127. The van der Waals surface area contributed by atoms with E-state index in [2.05, 4.69) is 22.6 Å². The van der Waals surface area contributed by atoms with Crippen LogP contribution in [-0.4, -0.2) is 40.3 Å². The fraction of sp³-hybridized carbons (Fsp3) is 0.190. The lowest BCUT2D eigenvalue weighted by atomic mass is 10.1. The van der Waals surface area contributed by atoms with Crippen LogP contribution in [0.25, 0.3) is 6.08 Å². The maximum atomic E-state index is 12.8. The number of amides is 2. The predicted octanol–water partition coefficient (Wildman–Crippen LogP) is 4.99. The summed E-state index contributed by atoms with van der Waals surface area (Å²) in [7, 11) is 0. The van der Waals surface area contributed by atoms with Crippen molar-refractivity contribution < 1.29 is 29.0 Å². The van der Waals surface area contributed by atoms with Crippen molar-refractivity contribution >= 4 is 80.1 Å². The summed E-state index contributed by atoms with van der Waals surface area (Å²) in [6.45, 7) is 1.88. The van der Waals surface area contributed by atoms with Gasteiger partial charge in [-0.15, -0.1) is 0 Å². The number of imide groups is 1. The molecule has 2 aromatic carbocycles. The maximum Gasteiger partial charge on any atom is 0.341 e. The maximum absolute atomic E-state index is 12.8. The average molecular weight is 665 g/mol. The third-order valence-electron chi connectivity index (χ3n) is 4.10. The number of hydrogen-bond donors (Lipinski definition) is 1. The van der Waals surface area contributed by atoms with Crippen LogP contribution in [0, 0.1) is 7.14 Å². The topological polar surface area (TPSA) is 93.1 Å². The summed E-state index contributed by atoms with van der Waals surface area (Å²) in [5.41, 5.74) is 1.52. The van der Waals surface area contributed by atoms with Crippen molar-refractivity contribution in [3.8, 4) is 11.5 Å². The van der Waals surface area contributed by atoms with Gasteiger partial charge in [-0.3, -0.25) is 14.5 Å². The fourth-order valence-electron chi connectivity index (χ4n) is 2.77. The van der Waals surface area contributed by atoms with Gasteiger partial charge in [0.2, 0.25) is 0 Å². The Balaban J connectivity index is 1.85. The molecule has 0 spiro atoms. The molecule has 0 radical (unpaired) electrons. The summed E-state index contributed by atoms with van der Waals surface area (Å²) >= 11 is 5.10. The van der Waals surface area contributed by atoms with Crippen LogP contribution >= 0.6 is 56.9 Å². The van der Waals surface area contributed by atoms with Gasteiger partial charge in [-0.1, -0.05) is 12.1 Å². The first-order valence-corrected chi connectivity index (χ1v) is 12.1. The van der Waals surface area contributed by atoms with Crippen molar-refractivity contribution in [2.24, 2.45) is 0 Å². The lowest BCUT2D eigenvalue weighted by Gasteiger charge is -2.14. The number of carbonyl (C=O) groups is 3. The molecule has 0 bridgehead atoms. The molecule has 0 saturated carbocycles. The molecule has 0 aliphatic carbocycles. The zero-order chi connectivity index (χ0) is 22.5. The lowest BCUT2D eigenvalue weighted by Crippen LogP contribution is -2.27. The normalized spacial score (nSPS) is 14.9. The third kappa shape index (κ3) is 6.13. The minimum absolute atomic E-state index is 0.211. The van der Waals surface area contributed by atoms with Crippen molar-refractivity contribution in [2.45, 2.75) is 13.5 Å². The molecule has 1 aliphatic heterocycles. The number of nitrogens with zero attached hydrogens (tertiary/aromatic N) is 1. The Morgan fingerprint density at radius 3 is 2.52 bits per heavy atom. The third-order valence-corrected chi connectivity index (χ3v) is 6.52. The quantitative estimate of drug-likeness (QED) is 0.314. The zero-order valence-corrected chi connectivity index (χ0v) is 21.4. The molecule has 1 saturated heterocycles. The number of rotatable bonds is 8. The monoisotopic (exact) mass is 665 g/mol. The molecule has 162 valence electrons. The molecule has 2 aromatic rings. The molecule has 1 heterocycles. The number of carboxylic acids is 1. The standard InChI is InChI=1S/C21H17I2NO6S/c1-2-29-16-8-13(7-15(23)19(16)30-11-18(25)26)9-17-20(27)24(21(28)31-17)10-12-3-5-14(22)6-4-12/h3-9H,2,10-11H2,1H3,(H,25,26)/b17-9-. The Morgan fingerprint density at radius 2 is 1.87 bits per heavy atom. The number of halogens is 2. The summed E-state index contributed by atoms with van der Waals surface area (Å²) in [5.74, 6) is -0.745. The summed E-state index contributed by atoms with van der Waals surface area (Å²) in [4.78, 5) is 37.6. The summed E-state index contributed by atoms with van der Waals surface area (Å²) in [6, 6.07) is 11.0. The molecule has 7 nitrogen and oxygen atoms in total. The van der Waals surface area contributed by atoms with Gasteiger partial charge in [-0.2, -0.15) is 0 Å². The Kier molecular flexibility index (Phi) is 8.22. The van der Waals surface area contributed by atoms with E-state index in [9.17, 15) is 14.4 Å². The zero-order valence-electron chi connectivity index (χ0n) is 16.3. The highest BCUT2D eigenvalue weighted by Gasteiger charge is 2.35. The number of carbonyl (C=O) groups excluding carboxylic acids is 2. The van der Waals surface area contributed by atoms with E-state index in [0.717, 1.165) is 20.9 Å². The van der Waals surface area contributed by atoms with Gasteiger partial charge in [0, 0.05) is 3.57 Å². The van der Waals surface area contributed by atoms with E-state index in [1.54, 1.807) is 25.1 Å². The van der Waals surface area contributed by atoms with E-state index >= 15 is 0 Å². The molecule has 31 heavy (non-hydrogen) atoms. The smallest absolute Gasteiger partial charge is 0.341 e. The number of benzene rings is 2. The highest BCUT2D eigenvalue weighted by Crippen LogP contribution is 2.38. The van der Waals surface area contributed by atoms with E-state index in [1.807, 2.05) is 46.9 Å². The number of ether oxygens (including phenoxy) is 2. The van der Waals surface area contributed by atoms with Crippen LogP contribution in [0.1, 0.15) is 18.1 Å². The van der Waals surface area contributed by atoms with Gasteiger partial charge >= 0.3 is 5.97 Å². The van der Waals surface area contributed by atoms with E-state index < -0.39 is 12.6 Å². The largest absolute Gasteiger partial charge is 0.490 e. The summed E-state index contributed by atoms with van der Waals surface area (Å²) in [6.07, 6.45) is 1.63. The van der Waals surface area contributed by atoms with E-state index in [-0.39, 0.29) is 17.7 Å². The molecule has 0 aromatic heterocycles. The second-order valence-electron chi connectivity index (χ2n) is 6.34. The van der Waals surface area contributed by atoms with Gasteiger partial charge in [-0.05, 0) is 105 Å². The number of thioether (sulfide) groups is 1. The first-order valence-electron chi connectivity index (χ1n) is 9.09. The summed E-state index contributed by atoms with van der Waals surface area (Å²) in [5, 5.41) is 8.55. The number of hydrogen-bond acceptors (Lipinski definition) is 6. The first kappa shape index (κ1) is 23.9. The predicted molar refractivity (Wildman–Crippen MR) is 134 cm³/mol. The van der Waals surface area contributed by atoms with Gasteiger partial charge in [0.05, 0.1) is 21.6 Å². The number of aliphatic carboxylic acids is 1. The van der Waals surface area contributed by atoms with Crippen molar-refractivity contribution in [2.75, 3.05) is 13.2 Å². The second kappa shape index (κ2) is 10.7. The van der Waals surface area contributed by atoms with Crippen molar-refractivity contribution in [3.63, 3.8) is 0 Å². The Hall–Kier alpha value is -1.80. The Bertz CT molecular complexity index is 1050. The SMILES string of the molecule is CCOc1cc(/C=C2\SC(=O)N(Cc3ccc(I)cc3)C2=O)cc(I)c1OCC(=O)O. The van der Waals surface area contributed by atoms with Crippen LogP contribution in [0.2, 0.25) is 0 Å². The molecule has 0 unspecified atom stereocenters. The summed E-state index contributed by atoms with van der Waals surface area (Å²) < 4.78 is 12.6.